The molecule has 2 unspecified atom stereocenters. The Morgan fingerprint density at radius 2 is 2.00 bits per heavy atom. The van der Waals surface area contributed by atoms with E-state index in [0.717, 1.165) is 11.1 Å². The molecule has 0 spiro atoms. The first-order valence-electron chi connectivity index (χ1n) is 7.37. The number of aliphatic hydroxyl groups is 1. The first-order valence-corrected chi connectivity index (χ1v) is 7.75. The molecule has 0 amide bonds. The van der Waals surface area contributed by atoms with E-state index in [2.05, 4.69) is 5.32 Å². The Balaban J connectivity index is 1.86. The molecular formula is C18H21ClFNO. The number of hydrogen-bond donors (Lipinski definition) is 2. The highest BCUT2D eigenvalue weighted by Crippen LogP contribution is 2.17. The summed E-state index contributed by atoms with van der Waals surface area (Å²) in [4.78, 5) is 0. The summed E-state index contributed by atoms with van der Waals surface area (Å²) >= 11 is 5.92. The number of aliphatic hydroxyl groups excluding tert-OH is 1. The van der Waals surface area contributed by atoms with E-state index in [0.29, 0.717) is 23.6 Å². The molecule has 0 fully saturated rings. The highest BCUT2D eigenvalue weighted by atomic mass is 35.5. The number of aryl methyl sites for hydroxylation is 1. The van der Waals surface area contributed by atoms with Crippen LogP contribution in [0.15, 0.2) is 42.5 Å². The van der Waals surface area contributed by atoms with Crippen LogP contribution in [0.4, 0.5) is 4.39 Å². The third-order valence-corrected chi connectivity index (χ3v) is 3.91. The molecular weight excluding hydrogens is 301 g/mol. The van der Waals surface area contributed by atoms with Crippen molar-refractivity contribution < 1.29 is 9.50 Å². The second kappa shape index (κ2) is 7.73. The van der Waals surface area contributed by atoms with Crippen LogP contribution in [0.25, 0.3) is 0 Å². The average Bonchev–Trinajstić information content (AvgIpc) is 2.48. The van der Waals surface area contributed by atoms with Gasteiger partial charge in [-0.15, -0.1) is 0 Å². The van der Waals surface area contributed by atoms with E-state index in [1.807, 2.05) is 25.1 Å². The van der Waals surface area contributed by atoms with Gasteiger partial charge >= 0.3 is 0 Å². The molecule has 0 aliphatic rings. The fourth-order valence-corrected chi connectivity index (χ4v) is 2.53. The zero-order valence-corrected chi connectivity index (χ0v) is 13.6. The van der Waals surface area contributed by atoms with Crippen molar-refractivity contribution in [1.82, 2.24) is 5.32 Å². The lowest BCUT2D eigenvalue weighted by Gasteiger charge is -2.18. The molecule has 0 aliphatic heterocycles. The third-order valence-electron chi connectivity index (χ3n) is 3.67. The summed E-state index contributed by atoms with van der Waals surface area (Å²) in [5, 5.41) is 14.0. The Hall–Kier alpha value is -1.42. The van der Waals surface area contributed by atoms with Gasteiger partial charge in [-0.3, -0.25) is 0 Å². The van der Waals surface area contributed by atoms with Crippen LogP contribution < -0.4 is 5.32 Å². The second-order valence-corrected chi connectivity index (χ2v) is 6.10. The molecule has 22 heavy (non-hydrogen) atoms. The Bertz CT molecular complexity index is 632. The van der Waals surface area contributed by atoms with Gasteiger partial charge in [0.1, 0.15) is 5.82 Å². The van der Waals surface area contributed by atoms with Gasteiger partial charge in [0.25, 0.3) is 0 Å². The molecule has 2 aromatic carbocycles. The predicted octanol–water partition coefficient (Wildman–Crippen LogP) is 4.04. The maximum Gasteiger partial charge on any atom is 0.126 e. The lowest BCUT2D eigenvalue weighted by atomic mass is 10.0. The lowest BCUT2D eigenvalue weighted by Crippen LogP contribution is -2.32. The van der Waals surface area contributed by atoms with Crippen LogP contribution in [0, 0.1) is 12.7 Å². The normalized spacial score (nSPS) is 13.9. The molecule has 0 aromatic heterocycles. The van der Waals surface area contributed by atoms with Gasteiger partial charge in [-0.25, -0.2) is 4.39 Å². The van der Waals surface area contributed by atoms with Crippen LogP contribution in [-0.4, -0.2) is 17.7 Å². The van der Waals surface area contributed by atoms with Gasteiger partial charge < -0.3 is 10.4 Å². The Morgan fingerprint density at radius 3 is 2.68 bits per heavy atom. The fourth-order valence-electron chi connectivity index (χ4n) is 2.33. The average molecular weight is 322 g/mol. The molecule has 2 N–H and O–H groups in total. The molecule has 2 rings (SSSR count). The maximum absolute atomic E-state index is 13.5. The number of halogens is 2. The van der Waals surface area contributed by atoms with Crippen LogP contribution >= 0.6 is 11.6 Å². The molecule has 118 valence electrons. The zero-order chi connectivity index (χ0) is 16.1. The maximum atomic E-state index is 13.5. The van der Waals surface area contributed by atoms with Crippen molar-refractivity contribution in [3.8, 4) is 0 Å². The molecule has 0 aliphatic carbocycles. The molecule has 2 atom stereocenters. The topological polar surface area (TPSA) is 32.3 Å². The first kappa shape index (κ1) is 16.9. The van der Waals surface area contributed by atoms with Gasteiger partial charge in [0, 0.05) is 17.6 Å². The zero-order valence-electron chi connectivity index (χ0n) is 12.8. The fraction of sp³-hybridized carbons (Fsp3) is 0.333. The Labute approximate surface area is 135 Å². The highest BCUT2D eigenvalue weighted by Gasteiger charge is 2.11. The lowest BCUT2D eigenvalue weighted by molar-refractivity contribution is 0.170. The molecule has 0 heterocycles. The van der Waals surface area contributed by atoms with E-state index < -0.39 is 6.10 Å². The van der Waals surface area contributed by atoms with Crippen molar-refractivity contribution in [3.63, 3.8) is 0 Å². The predicted molar refractivity (Wildman–Crippen MR) is 88.7 cm³/mol. The highest BCUT2D eigenvalue weighted by molar-refractivity contribution is 6.30. The van der Waals surface area contributed by atoms with Gasteiger partial charge in [-0.1, -0.05) is 35.9 Å². The summed E-state index contributed by atoms with van der Waals surface area (Å²) in [6.07, 6.45) is 0.0929. The second-order valence-electron chi connectivity index (χ2n) is 5.67. The van der Waals surface area contributed by atoms with Crippen molar-refractivity contribution in [2.45, 2.75) is 32.4 Å². The molecule has 0 saturated heterocycles. The number of hydrogen-bond acceptors (Lipinski definition) is 2. The smallest absolute Gasteiger partial charge is 0.126 e. The van der Waals surface area contributed by atoms with Crippen molar-refractivity contribution >= 4 is 11.6 Å². The van der Waals surface area contributed by atoms with E-state index in [1.54, 1.807) is 31.2 Å². The standard InChI is InChI=1S/C18H21ClFNO/c1-12-6-7-14(9-17(12)20)8-13(2)21-11-18(22)15-4-3-5-16(19)10-15/h3-7,9-10,13,18,21-22H,8,11H2,1-2H3. The molecule has 2 nitrogen and oxygen atoms in total. The summed E-state index contributed by atoms with van der Waals surface area (Å²) in [6, 6.07) is 12.6. The van der Waals surface area contributed by atoms with Crippen molar-refractivity contribution in [2.24, 2.45) is 0 Å². The quantitative estimate of drug-likeness (QED) is 0.841. The van der Waals surface area contributed by atoms with Crippen LogP contribution in [0.2, 0.25) is 5.02 Å². The summed E-state index contributed by atoms with van der Waals surface area (Å²) in [6.45, 7) is 4.19. The Kier molecular flexibility index (Phi) is 5.95. The van der Waals surface area contributed by atoms with Crippen LogP contribution in [0.3, 0.4) is 0 Å². The molecule has 2 aromatic rings. The summed E-state index contributed by atoms with van der Waals surface area (Å²) in [7, 11) is 0. The van der Waals surface area contributed by atoms with Gasteiger partial charge in [0.2, 0.25) is 0 Å². The largest absolute Gasteiger partial charge is 0.387 e. The SMILES string of the molecule is Cc1ccc(CC(C)NCC(O)c2cccc(Cl)c2)cc1F. The van der Waals surface area contributed by atoms with E-state index in [9.17, 15) is 9.50 Å². The molecule has 0 bridgehead atoms. The molecule has 4 heteroatoms. The first-order chi connectivity index (χ1) is 10.5. The summed E-state index contributed by atoms with van der Waals surface area (Å²) in [5.74, 6) is -0.177. The minimum atomic E-state index is -0.615. The van der Waals surface area contributed by atoms with Crippen molar-refractivity contribution in [1.29, 1.82) is 0 Å². The van der Waals surface area contributed by atoms with Crippen LogP contribution in [0.1, 0.15) is 29.7 Å². The number of rotatable bonds is 6. The molecule has 0 radical (unpaired) electrons. The van der Waals surface area contributed by atoms with E-state index >= 15 is 0 Å². The number of benzene rings is 2. The number of nitrogens with one attached hydrogen (secondary N) is 1. The van der Waals surface area contributed by atoms with Crippen molar-refractivity contribution in [3.05, 3.63) is 70.0 Å². The third kappa shape index (κ3) is 4.80. The minimum Gasteiger partial charge on any atom is -0.387 e. The van der Waals surface area contributed by atoms with Gasteiger partial charge in [0.15, 0.2) is 0 Å². The van der Waals surface area contributed by atoms with Gasteiger partial charge in [-0.05, 0) is 55.2 Å². The van der Waals surface area contributed by atoms with Crippen molar-refractivity contribution in [2.75, 3.05) is 6.54 Å². The monoisotopic (exact) mass is 321 g/mol. The van der Waals surface area contributed by atoms with Crippen LogP contribution in [0.5, 0.6) is 0 Å². The van der Waals surface area contributed by atoms with E-state index in [-0.39, 0.29) is 11.9 Å². The van der Waals surface area contributed by atoms with Crippen LogP contribution in [-0.2, 0) is 6.42 Å². The van der Waals surface area contributed by atoms with E-state index in [1.165, 1.54) is 0 Å². The van der Waals surface area contributed by atoms with E-state index in [4.69, 9.17) is 11.6 Å². The minimum absolute atomic E-state index is 0.135. The summed E-state index contributed by atoms with van der Waals surface area (Å²) in [5.41, 5.74) is 2.38. The summed E-state index contributed by atoms with van der Waals surface area (Å²) < 4.78 is 13.5. The Morgan fingerprint density at radius 1 is 1.23 bits per heavy atom. The van der Waals surface area contributed by atoms with Gasteiger partial charge in [-0.2, -0.15) is 0 Å². The molecule has 0 saturated carbocycles. The van der Waals surface area contributed by atoms with Gasteiger partial charge in [0.05, 0.1) is 6.10 Å².